The Morgan fingerprint density at radius 2 is 1.63 bits per heavy atom. The summed E-state index contributed by atoms with van der Waals surface area (Å²) < 4.78 is 5.76. The number of anilines is 1. The van der Waals surface area contributed by atoms with Crippen LogP contribution in [-0.2, 0) is 11.2 Å². The fourth-order valence-corrected chi connectivity index (χ4v) is 2.60. The number of carbonyl (C=O) groups is 1. The lowest BCUT2D eigenvalue weighted by Crippen LogP contribution is -2.07. The summed E-state index contributed by atoms with van der Waals surface area (Å²) in [7, 11) is 0. The van der Waals surface area contributed by atoms with E-state index in [2.05, 4.69) is 17.4 Å². The highest BCUT2D eigenvalue weighted by molar-refractivity contribution is 6.01. The summed E-state index contributed by atoms with van der Waals surface area (Å²) in [5.74, 6) is 0.632. The van der Waals surface area contributed by atoms with Crippen molar-refractivity contribution >= 4 is 17.7 Å². The van der Waals surface area contributed by atoms with Crippen molar-refractivity contribution in [3.63, 3.8) is 0 Å². The van der Waals surface area contributed by atoms with Gasteiger partial charge in [0.15, 0.2) is 0 Å². The molecule has 1 amide bonds. The smallest absolute Gasteiger partial charge is 0.248 e. The molecule has 0 bridgehead atoms. The summed E-state index contributed by atoms with van der Waals surface area (Å²) >= 11 is 0. The molecule has 0 unspecified atom stereocenters. The average Bonchev–Trinajstić information content (AvgIpc) is 2.70. The van der Waals surface area contributed by atoms with Crippen LogP contribution < -0.4 is 10.1 Å². The Morgan fingerprint density at radius 1 is 0.926 bits per heavy atom. The van der Waals surface area contributed by atoms with E-state index in [1.807, 2.05) is 73.7 Å². The largest absolute Gasteiger partial charge is 0.493 e. The number of amides is 1. The fourth-order valence-electron chi connectivity index (χ4n) is 2.60. The van der Waals surface area contributed by atoms with Crippen LogP contribution in [0.15, 0.2) is 84.9 Å². The quantitative estimate of drug-likeness (QED) is 0.585. The maximum absolute atomic E-state index is 12.0. The molecule has 0 spiro atoms. The first-order valence-electron chi connectivity index (χ1n) is 9.01. The van der Waals surface area contributed by atoms with Crippen LogP contribution in [0.1, 0.15) is 16.7 Å². The van der Waals surface area contributed by atoms with Crippen molar-refractivity contribution in [2.45, 2.75) is 13.3 Å². The maximum atomic E-state index is 12.0. The van der Waals surface area contributed by atoms with Crippen LogP contribution in [-0.4, -0.2) is 12.5 Å². The summed E-state index contributed by atoms with van der Waals surface area (Å²) in [4.78, 5) is 12.0. The molecule has 3 aromatic carbocycles. The van der Waals surface area contributed by atoms with Crippen molar-refractivity contribution in [1.82, 2.24) is 0 Å². The molecule has 3 aromatic rings. The monoisotopic (exact) mass is 357 g/mol. The Morgan fingerprint density at radius 3 is 2.33 bits per heavy atom. The third-order valence-electron chi connectivity index (χ3n) is 4.13. The SMILES string of the molecule is Cc1ccc(/C=C/C(=O)Nc2ccc(OCCc3ccccc3)cc2)cc1. The molecule has 0 fully saturated rings. The van der Waals surface area contributed by atoms with Crippen molar-refractivity contribution in [3.8, 4) is 5.75 Å². The molecule has 0 aliphatic carbocycles. The van der Waals surface area contributed by atoms with E-state index < -0.39 is 0 Å². The Bertz CT molecular complexity index is 882. The van der Waals surface area contributed by atoms with Crippen molar-refractivity contribution in [2.75, 3.05) is 11.9 Å². The van der Waals surface area contributed by atoms with Crippen LogP contribution in [0.3, 0.4) is 0 Å². The molecule has 0 aromatic heterocycles. The first kappa shape index (κ1) is 18.5. The van der Waals surface area contributed by atoms with E-state index in [0.717, 1.165) is 23.4 Å². The third-order valence-corrected chi connectivity index (χ3v) is 4.13. The second-order valence-electron chi connectivity index (χ2n) is 6.34. The molecule has 27 heavy (non-hydrogen) atoms. The molecule has 1 N–H and O–H groups in total. The van der Waals surface area contributed by atoms with Gasteiger partial charge in [-0.15, -0.1) is 0 Å². The molecule has 0 aliphatic heterocycles. The van der Waals surface area contributed by atoms with Crippen LogP contribution in [0, 0.1) is 6.92 Å². The number of ether oxygens (including phenoxy) is 1. The van der Waals surface area contributed by atoms with Gasteiger partial charge in [-0.05, 0) is 48.4 Å². The van der Waals surface area contributed by atoms with Gasteiger partial charge < -0.3 is 10.1 Å². The number of benzene rings is 3. The zero-order valence-corrected chi connectivity index (χ0v) is 15.4. The summed E-state index contributed by atoms with van der Waals surface area (Å²) in [5.41, 5.74) is 4.19. The maximum Gasteiger partial charge on any atom is 0.248 e. The van der Waals surface area contributed by atoms with E-state index in [1.165, 1.54) is 17.2 Å². The third kappa shape index (κ3) is 6.15. The van der Waals surface area contributed by atoms with Crippen molar-refractivity contribution in [3.05, 3.63) is 102 Å². The van der Waals surface area contributed by atoms with Gasteiger partial charge in [0.1, 0.15) is 5.75 Å². The predicted octanol–water partition coefficient (Wildman–Crippen LogP) is 5.27. The van der Waals surface area contributed by atoms with Gasteiger partial charge in [-0.3, -0.25) is 4.79 Å². The molecule has 0 aliphatic rings. The van der Waals surface area contributed by atoms with E-state index >= 15 is 0 Å². The van der Waals surface area contributed by atoms with Crippen LogP contribution in [0.5, 0.6) is 5.75 Å². The van der Waals surface area contributed by atoms with Gasteiger partial charge in [0.2, 0.25) is 5.91 Å². The predicted molar refractivity (Wildman–Crippen MR) is 111 cm³/mol. The van der Waals surface area contributed by atoms with Gasteiger partial charge >= 0.3 is 0 Å². The first-order chi connectivity index (χ1) is 13.2. The van der Waals surface area contributed by atoms with Crippen LogP contribution in [0.4, 0.5) is 5.69 Å². The Kier molecular flexibility index (Phi) is 6.42. The van der Waals surface area contributed by atoms with E-state index in [9.17, 15) is 4.79 Å². The van der Waals surface area contributed by atoms with E-state index in [-0.39, 0.29) is 5.91 Å². The molecule has 3 rings (SSSR count). The molecule has 136 valence electrons. The Labute approximate surface area is 160 Å². The number of hydrogen-bond acceptors (Lipinski definition) is 2. The minimum atomic E-state index is -0.159. The summed E-state index contributed by atoms with van der Waals surface area (Å²) in [6.45, 7) is 2.66. The van der Waals surface area contributed by atoms with E-state index in [4.69, 9.17) is 4.74 Å². The van der Waals surface area contributed by atoms with Crippen molar-refractivity contribution in [1.29, 1.82) is 0 Å². The highest BCUT2D eigenvalue weighted by atomic mass is 16.5. The Hall–Kier alpha value is -3.33. The number of rotatable bonds is 7. The summed E-state index contributed by atoms with van der Waals surface area (Å²) in [6.07, 6.45) is 4.20. The van der Waals surface area contributed by atoms with Gasteiger partial charge in [-0.1, -0.05) is 60.2 Å². The zero-order chi connectivity index (χ0) is 18.9. The Balaban J connectivity index is 1.46. The van der Waals surface area contributed by atoms with Gasteiger partial charge in [0.05, 0.1) is 6.61 Å². The molecule has 0 atom stereocenters. The standard InChI is InChI=1S/C24H23NO2/c1-19-7-9-21(10-8-19)11-16-24(26)25-22-12-14-23(15-13-22)27-18-17-20-5-3-2-4-6-20/h2-16H,17-18H2,1H3,(H,25,26)/b16-11+. The summed E-state index contributed by atoms with van der Waals surface area (Å²) in [6, 6.07) is 25.7. The molecule has 0 saturated heterocycles. The molecule has 3 heteroatoms. The number of nitrogens with one attached hydrogen (secondary N) is 1. The second-order valence-corrected chi connectivity index (χ2v) is 6.34. The highest BCUT2D eigenvalue weighted by Gasteiger charge is 2.00. The second kappa shape index (κ2) is 9.39. The lowest BCUT2D eigenvalue weighted by Gasteiger charge is -2.08. The molecule has 0 heterocycles. The molecular weight excluding hydrogens is 334 g/mol. The molecule has 0 radical (unpaired) electrons. The first-order valence-corrected chi connectivity index (χ1v) is 9.01. The summed E-state index contributed by atoms with van der Waals surface area (Å²) in [5, 5.41) is 2.85. The van der Waals surface area contributed by atoms with Crippen LogP contribution >= 0.6 is 0 Å². The lowest BCUT2D eigenvalue weighted by atomic mass is 10.1. The van der Waals surface area contributed by atoms with Crippen molar-refractivity contribution in [2.24, 2.45) is 0 Å². The van der Waals surface area contributed by atoms with E-state index in [1.54, 1.807) is 6.08 Å². The fraction of sp³-hybridized carbons (Fsp3) is 0.125. The minimum absolute atomic E-state index is 0.159. The zero-order valence-electron chi connectivity index (χ0n) is 15.4. The van der Waals surface area contributed by atoms with Gasteiger partial charge in [-0.2, -0.15) is 0 Å². The highest BCUT2D eigenvalue weighted by Crippen LogP contribution is 2.16. The van der Waals surface area contributed by atoms with Gasteiger partial charge in [0, 0.05) is 18.2 Å². The topological polar surface area (TPSA) is 38.3 Å². The number of carbonyl (C=O) groups excluding carboxylic acids is 1. The number of aryl methyl sites for hydroxylation is 1. The van der Waals surface area contributed by atoms with E-state index in [0.29, 0.717) is 6.61 Å². The van der Waals surface area contributed by atoms with Gasteiger partial charge in [0.25, 0.3) is 0 Å². The number of hydrogen-bond donors (Lipinski definition) is 1. The van der Waals surface area contributed by atoms with Gasteiger partial charge in [-0.25, -0.2) is 0 Å². The van der Waals surface area contributed by atoms with Crippen LogP contribution in [0.2, 0.25) is 0 Å². The normalized spacial score (nSPS) is 10.7. The van der Waals surface area contributed by atoms with Crippen molar-refractivity contribution < 1.29 is 9.53 Å². The minimum Gasteiger partial charge on any atom is -0.493 e. The molecule has 0 saturated carbocycles. The average molecular weight is 357 g/mol. The van der Waals surface area contributed by atoms with Crippen LogP contribution in [0.25, 0.3) is 6.08 Å². The molecule has 3 nitrogen and oxygen atoms in total. The molecular formula is C24H23NO2. The lowest BCUT2D eigenvalue weighted by molar-refractivity contribution is -0.111.